The lowest BCUT2D eigenvalue weighted by Crippen LogP contribution is -2.45. The smallest absolute Gasteiger partial charge is 0.192 e. The minimum atomic E-state index is -1.70. The molecule has 106 valence electrons. The van der Waals surface area contributed by atoms with Crippen LogP contribution in [0.3, 0.4) is 0 Å². The van der Waals surface area contributed by atoms with E-state index in [9.17, 15) is 5.11 Å². The van der Waals surface area contributed by atoms with Gasteiger partial charge in [0.2, 0.25) is 0 Å². The van der Waals surface area contributed by atoms with Crippen LogP contribution in [0.25, 0.3) is 0 Å². The van der Waals surface area contributed by atoms with Crippen molar-refractivity contribution < 1.29 is 9.53 Å². The topological polar surface area (TPSA) is 29.5 Å². The Hall–Kier alpha value is -0.123. The Morgan fingerprint density at radius 2 is 2.00 bits per heavy atom. The van der Waals surface area contributed by atoms with Crippen LogP contribution < -0.4 is 0 Å². The Kier molecular flexibility index (Phi) is 4.85. The van der Waals surface area contributed by atoms with Crippen molar-refractivity contribution in [1.29, 1.82) is 0 Å². The molecule has 1 saturated carbocycles. The lowest BCUT2D eigenvalue weighted by molar-refractivity contribution is 0.177. The van der Waals surface area contributed by atoms with Crippen LogP contribution in [0, 0.1) is 17.8 Å². The van der Waals surface area contributed by atoms with Crippen molar-refractivity contribution in [3.63, 3.8) is 0 Å². The molecule has 0 aromatic carbocycles. The molecule has 0 spiro atoms. The summed E-state index contributed by atoms with van der Waals surface area (Å²) in [6, 6.07) is 0. The van der Waals surface area contributed by atoms with Gasteiger partial charge in [0.05, 0.1) is 6.10 Å². The highest BCUT2D eigenvalue weighted by Gasteiger charge is 2.46. The van der Waals surface area contributed by atoms with Gasteiger partial charge in [-0.15, -0.1) is 6.58 Å². The molecule has 0 bridgehead atoms. The molecule has 2 nitrogen and oxygen atoms in total. The second kappa shape index (κ2) is 5.47. The van der Waals surface area contributed by atoms with Crippen molar-refractivity contribution in [2.75, 3.05) is 6.61 Å². The highest BCUT2D eigenvalue weighted by atomic mass is 28.4. The van der Waals surface area contributed by atoms with Crippen LogP contribution >= 0.6 is 0 Å². The van der Waals surface area contributed by atoms with E-state index in [0.29, 0.717) is 17.8 Å². The summed E-state index contributed by atoms with van der Waals surface area (Å²) in [5.41, 5.74) is 0. The monoisotopic (exact) mass is 270 g/mol. The number of hydrogen-bond donors (Lipinski definition) is 1. The molecular formula is C15H30O2Si. The highest BCUT2D eigenvalue weighted by Crippen LogP contribution is 2.47. The summed E-state index contributed by atoms with van der Waals surface area (Å²) in [5, 5.41) is 9.96. The van der Waals surface area contributed by atoms with E-state index in [0.717, 1.165) is 13.0 Å². The minimum Gasteiger partial charge on any atom is -0.417 e. The molecule has 1 rings (SSSR count). The van der Waals surface area contributed by atoms with E-state index in [1.165, 1.54) is 0 Å². The van der Waals surface area contributed by atoms with E-state index in [4.69, 9.17) is 4.43 Å². The average molecular weight is 270 g/mol. The molecule has 18 heavy (non-hydrogen) atoms. The molecule has 3 unspecified atom stereocenters. The Morgan fingerprint density at radius 3 is 2.44 bits per heavy atom. The second-order valence-electron chi connectivity index (χ2n) is 7.08. The first-order valence-corrected chi connectivity index (χ1v) is 9.99. The Bertz CT molecular complexity index is 297. The first-order chi connectivity index (χ1) is 8.13. The SMILES string of the molecule is C=CC(O)C1CC1CO[Si](C)(C)C(C)(C)C(C)C. The van der Waals surface area contributed by atoms with E-state index < -0.39 is 8.32 Å². The minimum absolute atomic E-state index is 0.272. The van der Waals surface area contributed by atoms with Crippen molar-refractivity contribution in [2.24, 2.45) is 17.8 Å². The lowest BCUT2D eigenvalue weighted by atomic mass is 9.99. The van der Waals surface area contributed by atoms with Gasteiger partial charge in [-0.2, -0.15) is 0 Å². The van der Waals surface area contributed by atoms with Crippen molar-refractivity contribution in [2.45, 2.75) is 58.4 Å². The zero-order valence-electron chi connectivity index (χ0n) is 12.9. The van der Waals surface area contributed by atoms with Crippen LogP contribution in [-0.4, -0.2) is 26.1 Å². The van der Waals surface area contributed by atoms with Crippen molar-refractivity contribution in [1.82, 2.24) is 0 Å². The first kappa shape index (κ1) is 15.9. The highest BCUT2D eigenvalue weighted by molar-refractivity contribution is 6.74. The number of aliphatic hydroxyl groups excluding tert-OH is 1. The van der Waals surface area contributed by atoms with E-state index in [1.54, 1.807) is 6.08 Å². The van der Waals surface area contributed by atoms with Crippen LogP contribution in [0.4, 0.5) is 0 Å². The first-order valence-electron chi connectivity index (χ1n) is 7.08. The number of rotatable bonds is 7. The lowest BCUT2D eigenvalue weighted by Gasteiger charge is -2.42. The van der Waals surface area contributed by atoms with Crippen molar-refractivity contribution in [3.05, 3.63) is 12.7 Å². The van der Waals surface area contributed by atoms with Gasteiger partial charge in [-0.3, -0.25) is 0 Å². The number of hydrogen-bond acceptors (Lipinski definition) is 2. The summed E-state index contributed by atoms with van der Waals surface area (Å²) >= 11 is 0. The van der Waals surface area contributed by atoms with Crippen LogP contribution in [0.1, 0.15) is 34.1 Å². The fourth-order valence-corrected chi connectivity index (χ4v) is 4.65. The maximum atomic E-state index is 9.68. The van der Waals surface area contributed by atoms with Gasteiger partial charge in [-0.25, -0.2) is 0 Å². The molecule has 3 atom stereocenters. The van der Waals surface area contributed by atoms with Gasteiger partial charge in [0.25, 0.3) is 0 Å². The van der Waals surface area contributed by atoms with Crippen LogP contribution in [-0.2, 0) is 4.43 Å². The predicted octanol–water partition coefficient (Wildman–Crippen LogP) is 3.83. The third-order valence-corrected chi connectivity index (χ3v) is 9.88. The molecule has 1 N–H and O–H groups in total. The molecule has 0 aromatic heterocycles. The van der Waals surface area contributed by atoms with Gasteiger partial charge < -0.3 is 9.53 Å². The zero-order valence-corrected chi connectivity index (χ0v) is 13.9. The fraction of sp³-hybridized carbons (Fsp3) is 0.867. The molecule has 0 aromatic rings. The fourth-order valence-electron chi connectivity index (χ4n) is 2.25. The Labute approximate surface area is 114 Å². The van der Waals surface area contributed by atoms with Crippen LogP contribution in [0.2, 0.25) is 18.1 Å². The van der Waals surface area contributed by atoms with E-state index in [-0.39, 0.29) is 11.1 Å². The van der Waals surface area contributed by atoms with E-state index in [2.05, 4.69) is 47.4 Å². The molecule has 0 aliphatic heterocycles. The van der Waals surface area contributed by atoms with E-state index >= 15 is 0 Å². The molecule has 3 heteroatoms. The summed E-state index contributed by atoms with van der Waals surface area (Å²) in [6.07, 6.45) is 2.38. The summed E-state index contributed by atoms with van der Waals surface area (Å²) in [4.78, 5) is 0. The molecule has 0 saturated heterocycles. The summed E-state index contributed by atoms with van der Waals surface area (Å²) in [6.45, 7) is 18.3. The van der Waals surface area contributed by atoms with E-state index in [1.807, 2.05) is 0 Å². The van der Waals surface area contributed by atoms with Gasteiger partial charge in [0, 0.05) is 6.61 Å². The van der Waals surface area contributed by atoms with Crippen LogP contribution in [0.5, 0.6) is 0 Å². The van der Waals surface area contributed by atoms with Gasteiger partial charge >= 0.3 is 0 Å². The maximum Gasteiger partial charge on any atom is 0.192 e. The Balaban J connectivity index is 2.47. The standard InChI is InChI=1S/C15H30O2Si/c1-8-14(16)13-9-12(13)10-17-18(6,7)15(4,5)11(2)3/h8,11-14,16H,1,9-10H2,2-7H3. The maximum absolute atomic E-state index is 9.68. The molecule has 1 fully saturated rings. The Morgan fingerprint density at radius 1 is 1.44 bits per heavy atom. The third-order valence-electron chi connectivity index (χ3n) is 5.31. The van der Waals surface area contributed by atoms with Gasteiger partial charge in [0.1, 0.15) is 0 Å². The van der Waals surface area contributed by atoms with Gasteiger partial charge in [0.15, 0.2) is 8.32 Å². The average Bonchev–Trinajstić information content (AvgIpc) is 3.04. The van der Waals surface area contributed by atoms with Crippen molar-refractivity contribution >= 4 is 8.32 Å². The normalized spacial score (nSPS) is 26.2. The second-order valence-corrected chi connectivity index (χ2v) is 11.7. The third kappa shape index (κ3) is 3.25. The molecular weight excluding hydrogens is 240 g/mol. The summed E-state index contributed by atoms with van der Waals surface area (Å²) < 4.78 is 6.30. The molecule has 0 radical (unpaired) electrons. The van der Waals surface area contributed by atoms with Crippen molar-refractivity contribution in [3.8, 4) is 0 Å². The summed E-state index contributed by atoms with van der Waals surface area (Å²) in [5.74, 6) is 1.55. The predicted molar refractivity (Wildman–Crippen MR) is 80.1 cm³/mol. The zero-order chi connectivity index (χ0) is 14.1. The quantitative estimate of drug-likeness (QED) is 0.563. The summed E-state index contributed by atoms with van der Waals surface area (Å²) in [7, 11) is -1.70. The molecule has 0 heterocycles. The number of aliphatic hydroxyl groups is 1. The van der Waals surface area contributed by atoms with Gasteiger partial charge in [-0.05, 0) is 42.3 Å². The molecule has 1 aliphatic carbocycles. The van der Waals surface area contributed by atoms with Gasteiger partial charge in [-0.1, -0.05) is 33.8 Å². The molecule has 0 amide bonds. The van der Waals surface area contributed by atoms with Crippen LogP contribution in [0.15, 0.2) is 12.7 Å². The largest absolute Gasteiger partial charge is 0.417 e. The molecule has 1 aliphatic rings.